The molecule has 0 aliphatic carbocycles. The van der Waals surface area contributed by atoms with Gasteiger partial charge in [-0.15, -0.1) is 10.2 Å². The Labute approximate surface area is 188 Å². The molecule has 0 aliphatic heterocycles. The fourth-order valence-electron chi connectivity index (χ4n) is 2.82. The Morgan fingerprint density at radius 1 is 1.22 bits per heavy atom. The van der Waals surface area contributed by atoms with Crippen molar-refractivity contribution in [1.82, 2.24) is 20.1 Å². The van der Waals surface area contributed by atoms with Gasteiger partial charge in [0.25, 0.3) is 11.6 Å². The predicted octanol–water partition coefficient (Wildman–Crippen LogP) is 3.71. The standard InChI is InChI=1S/C21H22N6O4S/c1-4-19(28)24-16-8-5-14(6-9-16)13(2)23-20(29)15-7-10-18(17(11-15)27(30)31)32-21-25-22-12-26(21)3/h5-13H,4H2,1-3H3,(H,23,29)(H,24,28). The molecule has 32 heavy (non-hydrogen) atoms. The van der Waals surface area contributed by atoms with Gasteiger partial charge >= 0.3 is 0 Å². The van der Waals surface area contributed by atoms with Crippen molar-refractivity contribution in [3.63, 3.8) is 0 Å². The number of nitrogens with one attached hydrogen (secondary N) is 2. The van der Waals surface area contributed by atoms with Crippen LogP contribution in [0.25, 0.3) is 0 Å². The van der Waals surface area contributed by atoms with Gasteiger partial charge in [0.05, 0.1) is 15.9 Å². The molecule has 0 bridgehead atoms. The number of carbonyl (C=O) groups is 2. The zero-order valence-corrected chi connectivity index (χ0v) is 18.5. The minimum Gasteiger partial charge on any atom is -0.346 e. The number of rotatable bonds is 8. The summed E-state index contributed by atoms with van der Waals surface area (Å²) in [6.07, 6.45) is 1.89. The maximum Gasteiger partial charge on any atom is 0.284 e. The monoisotopic (exact) mass is 454 g/mol. The lowest BCUT2D eigenvalue weighted by molar-refractivity contribution is -0.387. The Hall–Kier alpha value is -3.73. The number of nitrogens with zero attached hydrogens (tertiary/aromatic N) is 4. The van der Waals surface area contributed by atoms with Crippen molar-refractivity contribution in [2.75, 3.05) is 5.32 Å². The number of carbonyl (C=O) groups excluding carboxylic acids is 2. The van der Waals surface area contributed by atoms with E-state index in [1.165, 1.54) is 24.5 Å². The third kappa shape index (κ3) is 5.49. The molecule has 11 heteroatoms. The summed E-state index contributed by atoms with van der Waals surface area (Å²) in [5.74, 6) is -0.513. The molecule has 1 aromatic heterocycles. The van der Waals surface area contributed by atoms with Crippen LogP contribution in [0.1, 0.15) is 42.2 Å². The van der Waals surface area contributed by atoms with Crippen molar-refractivity contribution in [2.24, 2.45) is 7.05 Å². The van der Waals surface area contributed by atoms with Gasteiger partial charge in [-0.1, -0.05) is 19.1 Å². The molecule has 1 atom stereocenters. The highest BCUT2D eigenvalue weighted by Gasteiger charge is 2.21. The van der Waals surface area contributed by atoms with Gasteiger partial charge in [-0.3, -0.25) is 19.7 Å². The smallest absolute Gasteiger partial charge is 0.284 e. The number of anilines is 1. The number of aryl methyl sites for hydroxylation is 1. The van der Waals surface area contributed by atoms with E-state index in [2.05, 4.69) is 20.8 Å². The van der Waals surface area contributed by atoms with E-state index in [1.807, 2.05) is 6.92 Å². The Morgan fingerprint density at radius 2 is 1.94 bits per heavy atom. The van der Waals surface area contributed by atoms with Crippen LogP contribution in [-0.2, 0) is 11.8 Å². The maximum atomic E-state index is 12.7. The summed E-state index contributed by atoms with van der Waals surface area (Å²) in [4.78, 5) is 35.6. The first-order chi connectivity index (χ1) is 15.3. The van der Waals surface area contributed by atoms with Crippen molar-refractivity contribution < 1.29 is 14.5 Å². The van der Waals surface area contributed by atoms with E-state index < -0.39 is 10.8 Å². The third-order valence-corrected chi connectivity index (χ3v) is 5.77. The van der Waals surface area contributed by atoms with E-state index in [9.17, 15) is 19.7 Å². The van der Waals surface area contributed by atoms with Gasteiger partial charge in [-0.05, 0) is 48.5 Å². The normalized spacial score (nSPS) is 11.6. The van der Waals surface area contributed by atoms with Crippen LogP contribution in [0.3, 0.4) is 0 Å². The van der Waals surface area contributed by atoms with Gasteiger partial charge in [0.1, 0.15) is 6.33 Å². The first kappa shape index (κ1) is 22.9. The van der Waals surface area contributed by atoms with Crippen molar-refractivity contribution in [3.8, 4) is 0 Å². The first-order valence-electron chi connectivity index (χ1n) is 9.79. The molecule has 3 rings (SSSR count). The number of aromatic nitrogens is 3. The quantitative estimate of drug-likeness (QED) is 0.392. The lowest BCUT2D eigenvalue weighted by atomic mass is 10.1. The van der Waals surface area contributed by atoms with Crippen LogP contribution in [0.4, 0.5) is 11.4 Å². The molecule has 0 fully saturated rings. The number of hydrogen-bond acceptors (Lipinski definition) is 7. The molecule has 2 N–H and O–H groups in total. The summed E-state index contributed by atoms with van der Waals surface area (Å²) in [5, 5.41) is 25.4. The number of benzene rings is 2. The van der Waals surface area contributed by atoms with Crippen molar-refractivity contribution in [1.29, 1.82) is 0 Å². The van der Waals surface area contributed by atoms with Crippen molar-refractivity contribution >= 4 is 35.0 Å². The Kier molecular flexibility index (Phi) is 7.21. The second-order valence-electron chi connectivity index (χ2n) is 6.98. The average Bonchev–Trinajstić information content (AvgIpc) is 3.18. The Morgan fingerprint density at radius 3 is 2.53 bits per heavy atom. The highest BCUT2D eigenvalue weighted by atomic mass is 32.2. The summed E-state index contributed by atoms with van der Waals surface area (Å²) >= 11 is 1.10. The summed E-state index contributed by atoms with van der Waals surface area (Å²) in [5.41, 5.74) is 1.49. The van der Waals surface area contributed by atoms with Crippen LogP contribution in [0.2, 0.25) is 0 Å². The first-order valence-corrected chi connectivity index (χ1v) is 10.6. The zero-order valence-electron chi connectivity index (χ0n) is 17.7. The SMILES string of the molecule is CCC(=O)Nc1ccc(C(C)NC(=O)c2ccc(Sc3nncn3C)c([N+](=O)[O-])c2)cc1. The van der Waals surface area contributed by atoms with Gasteiger partial charge in [0.15, 0.2) is 5.16 Å². The van der Waals surface area contributed by atoms with Gasteiger partial charge in [0, 0.05) is 30.8 Å². The maximum absolute atomic E-state index is 12.7. The van der Waals surface area contributed by atoms with Gasteiger partial charge in [-0.25, -0.2) is 0 Å². The molecule has 2 amide bonds. The molecule has 1 unspecified atom stereocenters. The fourth-order valence-corrected chi connectivity index (χ4v) is 3.67. The lowest BCUT2D eigenvalue weighted by Crippen LogP contribution is -2.26. The topological polar surface area (TPSA) is 132 Å². The lowest BCUT2D eigenvalue weighted by Gasteiger charge is -2.15. The molecule has 1 heterocycles. The van der Waals surface area contributed by atoms with Crippen molar-refractivity contribution in [2.45, 2.75) is 36.4 Å². The van der Waals surface area contributed by atoms with E-state index in [0.717, 1.165) is 17.3 Å². The fraction of sp³-hybridized carbons (Fsp3) is 0.238. The van der Waals surface area contributed by atoms with Crippen LogP contribution < -0.4 is 10.6 Å². The van der Waals surface area contributed by atoms with Crippen LogP contribution in [-0.4, -0.2) is 31.5 Å². The molecule has 0 spiro atoms. The molecular formula is C21H22N6O4S. The molecule has 0 radical (unpaired) electrons. The molecule has 3 aromatic rings. The van der Waals surface area contributed by atoms with E-state index >= 15 is 0 Å². The summed E-state index contributed by atoms with van der Waals surface area (Å²) < 4.78 is 1.65. The molecule has 2 aromatic carbocycles. The van der Waals surface area contributed by atoms with E-state index in [0.29, 0.717) is 22.2 Å². The molecule has 166 valence electrons. The van der Waals surface area contributed by atoms with Crippen molar-refractivity contribution in [3.05, 3.63) is 70.0 Å². The van der Waals surface area contributed by atoms with Gasteiger partial charge < -0.3 is 15.2 Å². The number of amides is 2. The molecule has 0 aliphatic rings. The van der Waals surface area contributed by atoms with E-state index in [-0.39, 0.29) is 23.2 Å². The zero-order chi connectivity index (χ0) is 23.3. The predicted molar refractivity (Wildman–Crippen MR) is 119 cm³/mol. The summed E-state index contributed by atoms with van der Waals surface area (Å²) in [6.45, 7) is 3.58. The second kappa shape index (κ2) is 10.1. The van der Waals surface area contributed by atoms with E-state index in [4.69, 9.17) is 0 Å². The largest absolute Gasteiger partial charge is 0.346 e. The van der Waals surface area contributed by atoms with Gasteiger partial charge in [0.2, 0.25) is 5.91 Å². The molecule has 0 saturated carbocycles. The minimum atomic E-state index is -0.526. The number of hydrogen-bond donors (Lipinski definition) is 2. The highest BCUT2D eigenvalue weighted by molar-refractivity contribution is 7.99. The Balaban J connectivity index is 1.72. The van der Waals surface area contributed by atoms with Crippen LogP contribution >= 0.6 is 11.8 Å². The molecular weight excluding hydrogens is 432 g/mol. The minimum absolute atomic E-state index is 0.0820. The van der Waals surface area contributed by atoms with Crippen LogP contribution in [0.5, 0.6) is 0 Å². The summed E-state index contributed by atoms with van der Waals surface area (Å²) in [7, 11) is 1.74. The van der Waals surface area contributed by atoms with E-state index in [1.54, 1.807) is 42.8 Å². The van der Waals surface area contributed by atoms with Crippen LogP contribution in [0, 0.1) is 10.1 Å². The van der Waals surface area contributed by atoms with Gasteiger partial charge in [-0.2, -0.15) is 0 Å². The Bertz CT molecular complexity index is 1150. The summed E-state index contributed by atoms with van der Waals surface area (Å²) in [6, 6.07) is 11.1. The number of nitro groups is 1. The van der Waals surface area contributed by atoms with Crippen LogP contribution in [0.15, 0.2) is 58.8 Å². The average molecular weight is 455 g/mol. The molecule has 0 saturated heterocycles. The molecule has 10 nitrogen and oxygen atoms in total. The number of nitro benzene ring substituents is 1. The third-order valence-electron chi connectivity index (χ3n) is 4.65. The second-order valence-corrected chi connectivity index (χ2v) is 7.99. The highest BCUT2D eigenvalue weighted by Crippen LogP contribution is 2.34.